The Kier molecular flexibility index (Phi) is 8.71. The Balaban J connectivity index is 1.83. The number of methoxy groups -OCH3 is 4. The standard InChI is InChI=1S/C27H26N2O8/c1-34-24-15-18(16-25(35-2)27(24)37-4)6-5-17-13-21(26(36-3)23(31)14-17)28-12-11-22(30)19-7-9-20(10-8-19)29(32)33/h5-16,28,31H,1-4H3. The third-order valence-electron chi connectivity index (χ3n) is 5.29. The van der Waals surface area contributed by atoms with Crippen molar-refractivity contribution in [3.8, 4) is 28.7 Å². The van der Waals surface area contributed by atoms with Crippen LogP contribution in [0.5, 0.6) is 28.7 Å². The molecule has 3 aromatic rings. The summed E-state index contributed by atoms with van der Waals surface area (Å²) in [5, 5.41) is 24.2. The van der Waals surface area contributed by atoms with E-state index in [0.717, 1.165) is 5.56 Å². The Labute approximate surface area is 213 Å². The summed E-state index contributed by atoms with van der Waals surface area (Å²) in [5.41, 5.74) is 2.02. The fourth-order valence-corrected chi connectivity index (χ4v) is 3.49. The number of nitrogens with one attached hydrogen (secondary N) is 1. The Morgan fingerprint density at radius 2 is 1.43 bits per heavy atom. The van der Waals surface area contributed by atoms with Crippen molar-refractivity contribution in [3.05, 3.63) is 87.6 Å². The van der Waals surface area contributed by atoms with Crippen molar-refractivity contribution in [2.24, 2.45) is 0 Å². The molecule has 10 heteroatoms. The molecule has 3 aromatic carbocycles. The first-order valence-electron chi connectivity index (χ1n) is 10.9. The highest BCUT2D eigenvalue weighted by molar-refractivity contribution is 6.04. The molecular weight excluding hydrogens is 480 g/mol. The average molecular weight is 507 g/mol. The van der Waals surface area contributed by atoms with Crippen LogP contribution in [0.25, 0.3) is 12.2 Å². The van der Waals surface area contributed by atoms with Gasteiger partial charge in [-0.25, -0.2) is 0 Å². The molecule has 0 bridgehead atoms. The average Bonchev–Trinajstić information content (AvgIpc) is 2.91. The first-order chi connectivity index (χ1) is 17.8. The van der Waals surface area contributed by atoms with E-state index in [1.807, 2.05) is 6.08 Å². The second-order valence-electron chi connectivity index (χ2n) is 7.56. The van der Waals surface area contributed by atoms with Gasteiger partial charge in [-0.2, -0.15) is 0 Å². The largest absolute Gasteiger partial charge is 0.504 e. The summed E-state index contributed by atoms with van der Waals surface area (Å²) in [6.07, 6.45) is 6.25. The lowest BCUT2D eigenvalue weighted by Gasteiger charge is -2.13. The Hall–Kier alpha value is -4.99. The van der Waals surface area contributed by atoms with Gasteiger partial charge in [-0.15, -0.1) is 0 Å². The van der Waals surface area contributed by atoms with Crippen molar-refractivity contribution in [1.29, 1.82) is 0 Å². The van der Waals surface area contributed by atoms with E-state index in [0.29, 0.717) is 34.1 Å². The van der Waals surface area contributed by atoms with Gasteiger partial charge < -0.3 is 29.4 Å². The molecule has 0 unspecified atom stereocenters. The molecule has 37 heavy (non-hydrogen) atoms. The van der Waals surface area contributed by atoms with Crippen molar-refractivity contribution in [1.82, 2.24) is 0 Å². The topological polar surface area (TPSA) is 129 Å². The summed E-state index contributed by atoms with van der Waals surface area (Å²) < 4.78 is 21.4. The highest BCUT2D eigenvalue weighted by Crippen LogP contribution is 2.39. The van der Waals surface area contributed by atoms with Gasteiger partial charge >= 0.3 is 0 Å². The highest BCUT2D eigenvalue weighted by atomic mass is 16.6. The number of phenols is 1. The summed E-state index contributed by atoms with van der Waals surface area (Å²) in [6, 6.07) is 12.1. The SMILES string of the molecule is COc1cc(C=Cc2cc(O)c(OC)c(NC=CC(=O)c3ccc([N+](=O)[O-])cc3)c2)cc(OC)c1OC. The van der Waals surface area contributed by atoms with Crippen molar-refractivity contribution in [2.75, 3.05) is 33.8 Å². The maximum Gasteiger partial charge on any atom is 0.269 e. The van der Waals surface area contributed by atoms with Crippen molar-refractivity contribution in [2.45, 2.75) is 0 Å². The first kappa shape index (κ1) is 26.6. The van der Waals surface area contributed by atoms with Crippen LogP contribution in [0.15, 0.2) is 60.8 Å². The number of phenolic OH excluding ortho intramolecular Hbond substituents is 1. The van der Waals surface area contributed by atoms with Gasteiger partial charge in [-0.05, 0) is 47.5 Å². The normalized spacial score (nSPS) is 10.9. The van der Waals surface area contributed by atoms with Crippen LogP contribution in [0.4, 0.5) is 11.4 Å². The number of aromatic hydroxyl groups is 1. The summed E-state index contributed by atoms with van der Waals surface area (Å²) >= 11 is 0. The van der Waals surface area contributed by atoms with E-state index in [1.54, 1.807) is 24.3 Å². The molecule has 0 aliphatic carbocycles. The summed E-state index contributed by atoms with van der Waals surface area (Å²) in [7, 11) is 6.00. The fraction of sp³-hybridized carbons (Fsp3) is 0.148. The van der Waals surface area contributed by atoms with E-state index in [1.165, 1.54) is 71.0 Å². The molecule has 10 nitrogen and oxygen atoms in total. The van der Waals surface area contributed by atoms with Crippen molar-refractivity contribution >= 4 is 29.3 Å². The lowest BCUT2D eigenvalue weighted by molar-refractivity contribution is -0.384. The Bertz CT molecular complexity index is 1320. The van der Waals surface area contributed by atoms with Gasteiger partial charge in [0, 0.05) is 30.0 Å². The molecule has 0 radical (unpaired) electrons. The van der Waals surface area contributed by atoms with Crippen LogP contribution in [-0.4, -0.2) is 44.3 Å². The molecule has 0 saturated carbocycles. The predicted octanol–water partition coefficient (Wildman–Crippen LogP) is 5.31. The zero-order valence-electron chi connectivity index (χ0n) is 20.7. The molecule has 0 atom stereocenters. The Morgan fingerprint density at radius 3 is 1.95 bits per heavy atom. The Morgan fingerprint density at radius 1 is 0.865 bits per heavy atom. The minimum Gasteiger partial charge on any atom is -0.504 e. The van der Waals surface area contributed by atoms with Crippen LogP contribution in [0.1, 0.15) is 21.5 Å². The van der Waals surface area contributed by atoms with Crippen LogP contribution in [0, 0.1) is 10.1 Å². The van der Waals surface area contributed by atoms with Gasteiger partial charge in [0.1, 0.15) is 0 Å². The van der Waals surface area contributed by atoms with Crippen LogP contribution < -0.4 is 24.3 Å². The number of non-ortho nitro benzene ring substituents is 1. The van der Waals surface area contributed by atoms with E-state index in [9.17, 15) is 20.0 Å². The smallest absolute Gasteiger partial charge is 0.269 e. The van der Waals surface area contributed by atoms with Crippen LogP contribution in [0.3, 0.4) is 0 Å². The minimum absolute atomic E-state index is 0.102. The number of hydrogen-bond acceptors (Lipinski definition) is 9. The van der Waals surface area contributed by atoms with E-state index < -0.39 is 4.92 Å². The van der Waals surface area contributed by atoms with Crippen LogP contribution >= 0.6 is 0 Å². The number of rotatable bonds is 11. The molecule has 0 aromatic heterocycles. The highest BCUT2D eigenvalue weighted by Gasteiger charge is 2.13. The van der Waals surface area contributed by atoms with E-state index in [2.05, 4.69) is 5.32 Å². The van der Waals surface area contributed by atoms with Crippen molar-refractivity contribution < 1.29 is 33.8 Å². The summed E-state index contributed by atoms with van der Waals surface area (Å²) in [5.74, 6) is 1.22. The lowest BCUT2D eigenvalue weighted by Crippen LogP contribution is -1.98. The molecule has 2 N–H and O–H groups in total. The monoisotopic (exact) mass is 506 g/mol. The minimum atomic E-state index is -0.534. The molecule has 0 fully saturated rings. The van der Waals surface area contributed by atoms with Gasteiger partial charge in [0.15, 0.2) is 28.8 Å². The number of nitro benzene ring substituents is 1. The predicted molar refractivity (Wildman–Crippen MR) is 140 cm³/mol. The molecular formula is C27H26N2O8. The number of allylic oxidation sites excluding steroid dienone is 1. The number of anilines is 1. The molecule has 3 rings (SSSR count). The second-order valence-corrected chi connectivity index (χ2v) is 7.56. The number of hydrogen-bond donors (Lipinski definition) is 2. The summed E-state index contributed by atoms with van der Waals surface area (Å²) in [4.78, 5) is 22.6. The van der Waals surface area contributed by atoms with Crippen molar-refractivity contribution in [3.63, 3.8) is 0 Å². The maximum atomic E-state index is 12.4. The number of nitrogens with zero attached hydrogens (tertiary/aromatic N) is 1. The van der Waals surface area contributed by atoms with Gasteiger partial charge in [0.2, 0.25) is 5.75 Å². The number of ether oxygens (including phenoxy) is 4. The quantitative estimate of drug-likeness (QED) is 0.117. The zero-order chi connectivity index (χ0) is 26.9. The number of carbonyl (C=O) groups is 1. The molecule has 0 aliphatic rings. The van der Waals surface area contributed by atoms with Crippen LogP contribution in [-0.2, 0) is 0 Å². The van der Waals surface area contributed by atoms with Crippen LogP contribution in [0.2, 0.25) is 0 Å². The molecule has 0 aliphatic heterocycles. The second kappa shape index (κ2) is 12.1. The third-order valence-corrected chi connectivity index (χ3v) is 5.29. The zero-order valence-corrected chi connectivity index (χ0v) is 20.7. The van der Waals surface area contributed by atoms with E-state index >= 15 is 0 Å². The number of benzene rings is 3. The maximum absolute atomic E-state index is 12.4. The van der Waals surface area contributed by atoms with Gasteiger partial charge in [-0.3, -0.25) is 14.9 Å². The fourth-order valence-electron chi connectivity index (χ4n) is 3.49. The lowest BCUT2D eigenvalue weighted by atomic mass is 10.1. The third kappa shape index (κ3) is 6.37. The van der Waals surface area contributed by atoms with E-state index in [4.69, 9.17) is 18.9 Å². The molecule has 0 spiro atoms. The molecule has 192 valence electrons. The van der Waals surface area contributed by atoms with Gasteiger partial charge in [0.05, 0.1) is 39.0 Å². The van der Waals surface area contributed by atoms with Gasteiger partial charge in [-0.1, -0.05) is 12.2 Å². The molecule has 0 amide bonds. The van der Waals surface area contributed by atoms with Gasteiger partial charge in [0.25, 0.3) is 5.69 Å². The number of carbonyl (C=O) groups excluding carboxylic acids is 1. The first-order valence-corrected chi connectivity index (χ1v) is 10.9. The summed E-state index contributed by atoms with van der Waals surface area (Å²) in [6.45, 7) is 0. The van der Waals surface area contributed by atoms with E-state index in [-0.39, 0.29) is 23.0 Å². The number of ketones is 1. The molecule has 0 saturated heterocycles. The number of nitro groups is 1. The molecule has 0 heterocycles.